The van der Waals surface area contributed by atoms with Crippen molar-refractivity contribution in [1.82, 2.24) is 24.8 Å². The van der Waals surface area contributed by atoms with Gasteiger partial charge in [-0.25, -0.2) is 0 Å². The fourth-order valence-electron chi connectivity index (χ4n) is 3.47. The highest BCUT2D eigenvalue weighted by Gasteiger charge is 2.29. The van der Waals surface area contributed by atoms with Crippen molar-refractivity contribution in [2.75, 3.05) is 18.4 Å². The van der Waals surface area contributed by atoms with E-state index in [2.05, 4.69) is 20.5 Å². The number of carbonyl (C=O) groups is 2. The van der Waals surface area contributed by atoms with E-state index >= 15 is 0 Å². The molecule has 150 valence electrons. The van der Waals surface area contributed by atoms with Gasteiger partial charge in [-0.05, 0) is 23.5 Å². The Labute approximate surface area is 171 Å². The largest absolute Gasteiger partial charge is 0.351 e. The molecule has 2 N–H and O–H groups in total. The Morgan fingerprint density at radius 3 is 2.70 bits per heavy atom. The minimum Gasteiger partial charge on any atom is -0.338 e. The predicted octanol–water partition coefficient (Wildman–Crippen LogP) is 1.65. The molecule has 0 spiro atoms. The molecule has 30 heavy (non-hydrogen) atoms. The first-order valence-electron chi connectivity index (χ1n) is 9.69. The molecule has 4 heterocycles. The first kappa shape index (κ1) is 18.0. The Hall–Kier alpha value is -4.01. The van der Waals surface area contributed by atoms with Gasteiger partial charge < -0.3 is 10.2 Å². The zero-order valence-electron chi connectivity index (χ0n) is 16.4. The Bertz CT molecular complexity index is 1260. The maximum absolute atomic E-state index is 12.9. The summed E-state index contributed by atoms with van der Waals surface area (Å²) in [5, 5.41) is 10.2. The van der Waals surface area contributed by atoms with Gasteiger partial charge in [0.1, 0.15) is 11.9 Å². The number of anilines is 1. The summed E-state index contributed by atoms with van der Waals surface area (Å²) in [6, 6.07) is 13.3. The van der Waals surface area contributed by atoms with Crippen LogP contribution >= 0.6 is 0 Å². The molecule has 0 atom stereocenters. The number of nitrogens with one attached hydrogen (secondary N) is 2. The maximum atomic E-state index is 12.9. The van der Waals surface area contributed by atoms with Crippen molar-refractivity contribution in [2.24, 2.45) is 7.05 Å². The summed E-state index contributed by atoms with van der Waals surface area (Å²) in [5.74, 6) is 0.181. The zero-order valence-corrected chi connectivity index (χ0v) is 16.4. The molecule has 0 unspecified atom stereocenters. The number of carbonyl (C=O) groups excluding carboxylic acids is 2. The van der Waals surface area contributed by atoms with Gasteiger partial charge in [0.15, 0.2) is 0 Å². The van der Waals surface area contributed by atoms with E-state index in [0.29, 0.717) is 30.0 Å². The molecule has 5 rings (SSSR count). The molecule has 0 aliphatic carbocycles. The van der Waals surface area contributed by atoms with Crippen LogP contribution in [-0.2, 0) is 7.05 Å². The van der Waals surface area contributed by atoms with Crippen molar-refractivity contribution >= 4 is 23.1 Å². The summed E-state index contributed by atoms with van der Waals surface area (Å²) in [5.41, 5.74) is 2.77. The lowest BCUT2D eigenvalue weighted by atomic mass is 10.1. The summed E-state index contributed by atoms with van der Waals surface area (Å²) >= 11 is 0. The molecule has 1 fully saturated rings. The second-order valence-corrected chi connectivity index (χ2v) is 7.21. The molecule has 4 aromatic rings. The van der Waals surface area contributed by atoms with Crippen LogP contribution in [0, 0.1) is 0 Å². The third-order valence-corrected chi connectivity index (χ3v) is 5.22. The highest BCUT2D eigenvalue weighted by Crippen LogP contribution is 2.18. The van der Waals surface area contributed by atoms with E-state index in [4.69, 9.17) is 0 Å². The van der Waals surface area contributed by atoms with Gasteiger partial charge in [0.25, 0.3) is 17.6 Å². The second kappa shape index (κ2) is 7.11. The lowest BCUT2D eigenvalue weighted by Gasteiger charge is -2.30. The molecule has 1 aliphatic rings. The topological polar surface area (TPSA) is 100 Å². The fourth-order valence-corrected chi connectivity index (χ4v) is 3.47. The molecule has 3 aromatic heterocycles. The highest BCUT2D eigenvalue weighted by atomic mass is 16.2. The van der Waals surface area contributed by atoms with Crippen LogP contribution in [0.1, 0.15) is 27.3 Å². The normalized spacial score (nSPS) is 13.3. The number of fused-ring (bicyclic) bond motifs is 1. The third-order valence-electron chi connectivity index (χ3n) is 5.22. The van der Waals surface area contributed by atoms with E-state index in [1.165, 1.54) is 10.9 Å². The monoisotopic (exact) mass is 402 g/mol. The molecule has 2 amide bonds. The minimum absolute atomic E-state index is 0.162. The van der Waals surface area contributed by atoms with Crippen molar-refractivity contribution in [1.29, 1.82) is 0 Å². The van der Waals surface area contributed by atoms with Gasteiger partial charge in [0.2, 0.25) is 0 Å². The van der Waals surface area contributed by atoms with Crippen LogP contribution in [0.15, 0.2) is 54.9 Å². The van der Waals surface area contributed by atoms with Crippen LogP contribution in [0.2, 0.25) is 0 Å². The van der Waals surface area contributed by atoms with Crippen molar-refractivity contribution < 1.29 is 14.1 Å². The van der Waals surface area contributed by atoms with Gasteiger partial charge >= 0.3 is 5.65 Å². The number of amides is 2. The SMILES string of the molecule is Cn1ncc(C(=O)N2CCC2)c1C(=O)Nc1cc[n+]2[nH]c(-c3ccccc3)nc2c1. The van der Waals surface area contributed by atoms with Crippen molar-refractivity contribution in [2.45, 2.75) is 6.42 Å². The number of nitrogens with zero attached hydrogens (tertiary/aromatic N) is 5. The van der Waals surface area contributed by atoms with Crippen molar-refractivity contribution in [3.05, 3.63) is 66.1 Å². The summed E-state index contributed by atoms with van der Waals surface area (Å²) in [6.45, 7) is 1.43. The quantitative estimate of drug-likeness (QED) is 0.507. The molecule has 9 heteroatoms. The van der Waals surface area contributed by atoms with E-state index in [-0.39, 0.29) is 17.5 Å². The number of hydrogen-bond donors (Lipinski definition) is 2. The number of likely N-dealkylation sites (tertiary alicyclic amines) is 1. The minimum atomic E-state index is -0.387. The number of rotatable bonds is 4. The van der Waals surface area contributed by atoms with Crippen LogP contribution in [-0.4, -0.2) is 49.7 Å². The number of aromatic amines is 1. The van der Waals surface area contributed by atoms with Crippen molar-refractivity contribution in [3.8, 4) is 11.4 Å². The van der Waals surface area contributed by atoms with Gasteiger partial charge in [-0.1, -0.05) is 18.2 Å². The Balaban J connectivity index is 1.41. The van der Waals surface area contributed by atoms with Gasteiger partial charge in [-0.15, -0.1) is 4.52 Å². The van der Waals surface area contributed by atoms with E-state index < -0.39 is 0 Å². The van der Waals surface area contributed by atoms with Crippen LogP contribution in [0.25, 0.3) is 17.0 Å². The molecule has 0 radical (unpaired) electrons. The number of hydrogen-bond acceptors (Lipinski definition) is 4. The molecule has 0 bridgehead atoms. The molecule has 1 aromatic carbocycles. The Morgan fingerprint density at radius 1 is 1.17 bits per heavy atom. The van der Waals surface area contributed by atoms with Crippen molar-refractivity contribution in [3.63, 3.8) is 0 Å². The molecular formula is C21H20N7O2+. The standard InChI is InChI=1S/C21H19N7O2/c1-26-18(16(13-22-26)21(30)27-9-5-10-27)20(29)23-15-8-11-28-17(12-15)24-19(25-28)14-6-3-2-4-7-14/h2-4,6-8,11-13H,5,9-10H2,1H3,(H,23,24,25,29)/p+1. The van der Waals surface area contributed by atoms with Gasteiger partial charge in [0.05, 0.1) is 23.5 Å². The summed E-state index contributed by atoms with van der Waals surface area (Å²) < 4.78 is 3.21. The van der Waals surface area contributed by atoms with Gasteiger partial charge in [0, 0.05) is 31.8 Å². The Morgan fingerprint density at radius 2 is 1.97 bits per heavy atom. The summed E-state index contributed by atoms with van der Waals surface area (Å²) in [7, 11) is 1.65. The van der Waals surface area contributed by atoms with Crippen LogP contribution < -0.4 is 9.83 Å². The number of aromatic nitrogens is 5. The average molecular weight is 402 g/mol. The first-order valence-corrected chi connectivity index (χ1v) is 9.69. The lowest BCUT2D eigenvalue weighted by molar-refractivity contribution is -0.576. The van der Waals surface area contributed by atoms with Gasteiger partial charge in [-0.2, -0.15) is 10.2 Å². The molecular weight excluding hydrogens is 382 g/mol. The molecule has 1 saturated heterocycles. The number of aryl methyl sites for hydroxylation is 1. The zero-order chi connectivity index (χ0) is 20.7. The average Bonchev–Trinajstić information content (AvgIpc) is 3.30. The third kappa shape index (κ3) is 3.10. The number of H-pyrrole nitrogens is 1. The van der Waals surface area contributed by atoms with E-state index in [1.807, 2.05) is 30.3 Å². The van der Waals surface area contributed by atoms with E-state index in [1.54, 1.807) is 34.8 Å². The van der Waals surface area contributed by atoms with Crippen LogP contribution in [0.5, 0.6) is 0 Å². The second-order valence-electron chi connectivity index (χ2n) is 7.21. The van der Waals surface area contributed by atoms with Gasteiger partial charge in [-0.3, -0.25) is 14.3 Å². The smallest absolute Gasteiger partial charge is 0.338 e. The van der Waals surface area contributed by atoms with Crippen LogP contribution in [0.3, 0.4) is 0 Å². The maximum Gasteiger partial charge on any atom is 0.351 e. The predicted molar refractivity (Wildman–Crippen MR) is 109 cm³/mol. The molecule has 9 nitrogen and oxygen atoms in total. The number of pyridine rings is 1. The van der Waals surface area contributed by atoms with E-state index in [0.717, 1.165) is 17.8 Å². The summed E-state index contributed by atoms with van der Waals surface area (Å²) in [6.07, 6.45) is 4.23. The number of benzene rings is 1. The lowest BCUT2D eigenvalue weighted by Crippen LogP contribution is -2.42. The highest BCUT2D eigenvalue weighted by molar-refractivity contribution is 6.11. The fraction of sp³-hybridized carbons (Fsp3) is 0.190. The van der Waals surface area contributed by atoms with Crippen LogP contribution in [0.4, 0.5) is 5.69 Å². The Kier molecular flexibility index (Phi) is 4.27. The first-order chi connectivity index (χ1) is 14.6. The summed E-state index contributed by atoms with van der Waals surface area (Å²) in [4.78, 5) is 31.9. The molecule has 0 saturated carbocycles. The molecule has 1 aliphatic heterocycles. The van der Waals surface area contributed by atoms with E-state index in [9.17, 15) is 9.59 Å².